The smallest absolute Gasteiger partial charge is 0.401 e. The number of nitrogens with two attached hydrogens (primary N) is 1. The first kappa shape index (κ1) is 13.1. The number of alkyl halides is 3. The summed E-state index contributed by atoms with van der Waals surface area (Å²) in [6.07, 6.45) is -2.62. The molecule has 3 N–H and O–H groups in total. The third kappa shape index (κ3) is 4.26. The van der Waals surface area contributed by atoms with E-state index in [1.807, 2.05) is 0 Å². The molecule has 0 aromatic carbocycles. The monoisotopic (exact) mass is 239 g/mol. The zero-order valence-corrected chi connectivity index (χ0v) is 9.04. The van der Waals surface area contributed by atoms with Gasteiger partial charge in [0.05, 0.1) is 6.54 Å². The van der Waals surface area contributed by atoms with Crippen LogP contribution in [0.3, 0.4) is 0 Å². The fourth-order valence-corrected chi connectivity index (χ4v) is 1.56. The first-order valence-corrected chi connectivity index (χ1v) is 5.11. The van der Waals surface area contributed by atoms with E-state index in [0.29, 0.717) is 0 Å². The van der Waals surface area contributed by atoms with E-state index in [-0.39, 0.29) is 24.3 Å². The number of hydrogen-bond acceptors (Lipinski definition) is 3. The SMILES string of the molecule is CC(CN(CC(F)(F)F)C1CC1)C(N)=NO. The summed E-state index contributed by atoms with van der Waals surface area (Å²) in [5.74, 6) is -0.416. The molecule has 0 amide bonds. The number of rotatable bonds is 5. The molecule has 4 nitrogen and oxygen atoms in total. The topological polar surface area (TPSA) is 61.8 Å². The van der Waals surface area contributed by atoms with Crippen molar-refractivity contribution in [2.75, 3.05) is 13.1 Å². The summed E-state index contributed by atoms with van der Waals surface area (Å²) < 4.78 is 36.8. The van der Waals surface area contributed by atoms with Gasteiger partial charge in [0.15, 0.2) is 0 Å². The Balaban J connectivity index is 2.51. The predicted molar refractivity (Wildman–Crippen MR) is 53.2 cm³/mol. The summed E-state index contributed by atoms with van der Waals surface area (Å²) in [6.45, 7) is 0.877. The molecule has 0 radical (unpaired) electrons. The van der Waals surface area contributed by atoms with Gasteiger partial charge in [-0.3, -0.25) is 4.90 Å². The van der Waals surface area contributed by atoms with Crippen LogP contribution in [0.25, 0.3) is 0 Å². The highest BCUT2D eigenvalue weighted by atomic mass is 19.4. The van der Waals surface area contributed by atoms with Crippen molar-refractivity contribution in [2.45, 2.75) is 32.0 Å². The van der Waals surface area contributed by atoms with Crippen LogP contribution in [0.4, 0.5) is 13.2 Å². The van der Waals surface area contributed by atoms with Crippen molar-refractivity contribution < 1.29 is 18.4 Å². The molecule has 0 spiro atoms. The van der Waals surface area contributed by atoms with Gasteiger partial charge in [0, 0.05) is 18.5 Å². The van der Waals surface area contributed by atoms with Crippen molar-refractivity contribution in [1.82, 2.24) is 4.90 Å². The number of amidine groups is 1. The highest BCUT2D eigenvalue weighted by molar-refractivity contribution is 5.82. The maximum absolute atomic E-state index is 12.3. The zero-order chi connectivity index (χ0) is 12.3. The van der Waals surface area contributed by atoms with Gasteiger partial charge in [-0.1, -0.05) is 12.1 Å². The molecule has 16 heavy (non-hydrogen) atoms. The fraction of sp³-hybridized carbons (Fsp3) is 0.889. The molecule has 1 atom stereocenters. The Hall–Kier alpha value is -0.980. The number of nitrogens with zero attached hydrogens (tertiary/aromatic N) is 2. The number of oxime groups is 1. The molecule has 1 aliphatic carbocycles. The second kappa shape index (κ2) is 4.90. The highest BCUT2D eigenvalue weighted by Crippen LogP contribution is 2.30. The van der Waals surface area contributed by atoms with Crippen LogP contribution in [0, 0.1) is 5.92 Å². The van der Waals surface area contributed by atoms with E-state index in [4.69, 9.17) is 10.9 Å². The van der Waals surface area contributed by atoms with Gasteiger partial charge in [-0.2, -0.15) is 13.2 Å². The maximum Gasteiger partial charge on any atom is 0.401 e. The summed E-state index contributed by atoms with van der Waals surface area (Å²) in [5, 5.41) is 11.2. The Bertz CT molecular complexity index is 263. The van der Waals surface area contributed by atoms with Crippen molar-refractivity contribution in [1.29, 1.82) is 0 Å². The van der Waals surface area contributed by atoms with Gasteiger partial charge >= 0.3 is 6.18 Å². The Morgan fingerprint density at radius 3 is 2.50 bits per heavy atom. The Kier molecular flexibility index (Phi) is 4.01. The molecule has 0 aromatic heterocycles. The third-order valence-electron chi connectivity index (χ3n) is 2.57. The summed E-state index contributed by atoms with van der Waals surface area (Å²) in [6, 6.07) is -0.00410. The van der Waals surface area contributed by atoms with E-state index in [1.165, 1.54) is 4.90 Å². The summed E-state index contributed by atoms with van der Waals surface area (Å²) in [5.41, 5.74) is 5.34. The van der Waals surface area contributed by atoms with Gasteiger partial charge in [0.25, 0.3) is 0 Å². The molecule has 7 heteroatoms. The van der Waals surface area contributed by atoms with Crippen LogP contribution in [0.5, 0.6) is 0 Å². The minimum Gasteiger partial charge on any atom is -0.409 e. The standard InChI is InChI=1S/C9H16F3N3O/c1-6(8(13)14-16)4-15(7-2-3-7)5-9(10,11)12/h6-7,16H,2-5H2,1H3,(H2,13,14). The van der Waals surface area contributed by atoms with E-state index >= 15 is 0 Å². The molecule has 1 saturated carbocycles. The second-order valence-electron chi connectivity index (χ2n) is 4.20. The summed E-state index contributed by atoms with van der Waals surface area (Å²) >= 11 is 0. The molecule has 0 bridgehead atoms. The lowest BCUT2D eigenvalue weighted by Crippen LogP contribution is -2.41. The summed E-state index contributed by atoms with van der Waals surface area (Å²) in [7, 11) is 0. The van der Waals surface area contributed by atoms with Gasteiger partial charge in [0.1, 0.15) is 5.84 Å². The van der Waals surface area contributed by atoms with E-state index in [2.05, 4.69) is 5.16 Å². The maximum atomic E-state index is 12.3. The van der Waals surface area contributed by atoms with Crippen LogP contribution >= 0.6 is 0 Å². The van der Waals surface area contributed by atoms with Crippen LogP contribution in [0.15, 0.2) is 5.16 Å². The van der Waals surface area contributed by atoms with E-state index in [1.54, 1.807) is 6.92 Å². The molecule has 94 valence electrons. The van der Waals surface area contributed by atoms with Crippen LogP contribution in [-0.2, 0) is 0 Å². The van der Waals surface area contributed by atoms with Gasteiger partial charge in [-0.25, -0.2) is 0 Å². The lowest BCUT2D eigenvalue weighted by atomic mass is 10.1. The fourth-order valence-electron chi connectivity index (χ4n) is 1.56. The Labute approximate surface area is 91.9 Å². The normalized spacial score (nSPS) is 20.2. The second-order valence-corrected chi connectivity index (χ2v) is 4.20. The molecule has 0 saturated heterocycles. The average Bonchev–Trinajstić information content (AvgIpc) is 2.96. The predicted octanol–water partition coefficient (Wildman–Crippen LogP) is 1.40. The Morgan fingerprint density at radius 1 is 1.56 bits per heavy atom. The first-order valence-electron chi connectivity index (χ1n) is 5.11. The molecular formula is C9H16F3N3O. The van der Waals surface area contributed by atoms with Crippen LogP contribution in [-0.4, -0.2) is 41.3 Å². The summed E-state index contributed by atoms with van der Waals surface area (Å²) in [4.78, 5) is 1.35. The Morgan fingerprint density at radius 2 is 2.12 bits per heavy atom. The van der Waals surface area contributed by atoms with Crippen molar-refractivity contribution in [3.8, 4) is 0 Å². The molecule has 0 aromatic rings. The van der Waals surface area contributed by atoms with Crippen LogP contribution in [0.2, 0.25) is 0 Å². The van der Waals surface area contributed by atoms with Crippen molar-refractivity contribution in [3.05, 3.63) is 0 Å². The van der Waals surface area contributed by atoms with Gasteiger partial charge in [-0.05, 0) is 12.8 Å². The first-order chi connectivity index (χ1) is 7.33. The van der Waals surface area contributed by atoms with Crippen molar-refractivity contribution in [3.63, 3.8) is 0 Å². The van der Waals surface area contributed by atoms with Crippen molar-refractivity contribution >= 4 is 5.84 Å². The molecule has 0 aliphatic heterocycles. The molecule has 1 aliphatic rings. The van der Waals surface area contributed by atoms with E-state index in [0.717, 1.165) is 12.8 Å². The largest absolute Gasteiger partial charge is 0.409 e. The van der Waals surface area contributed by atoms with Crippen LogP contribution in [0.1, 0.15) is 19.8 Å². The molecule has 1 fully saturated rings. The minimum atomic E-state index is -4.20. The number of hydrogen-bond donors (Lipinski definition) is 2. The highest BCUT2D eigenvalue weighted by Gasteiger charge is 2.38. The van der Waals surface area contributed by atoms with Crippen molar-refractivity contribution in [2.24, 2.45) is 16.8 Å². The minimum absolute atomic E-state index is 0.00410. The van der Waals surface area contributed by atoms with Gasteiger partial charge < -0.3 is 10.9 Å². The number of halogens is 3. The average molecular weight is 239 g/mol. The van der Waals surface area contributed by atoms with E-state index in [9.17, 15) is 13.2 Å². The van der Waals surface area contributed by atoms with Crippen LogP contribution < -0.4 is 5.73 Å². The molecule has 0 heterocycles. The lowest BCUT2D eigenvalue weighted by Gasteiger charge is -2.25. The molecule has 1 unspecified atom stereocenters. The zero-order valence-electron chi connectivity index (χ0n) is 9.04. The molecule has 1 rings (SSSR count). The quantitative estimate of drug-likeness (QED) is 0.330. The third-order valence-corrected chi connectivity index (χ3v) is 2.57. The van der Waals surface area contributed by atoms with Gasteiger partial charge in [-0.15, -0.1) is 0 Å². The lowest BCUT2D eigenvalue weighted by molar-refractivity contribution is -0.147. The molecular weight excluding hydrogens is 223 g/mol. The van der Waals surface area contributed by atoms with Gasteiger partial charge in [0.2, 0.25) is 0 Å². The van der Waals surface area contributed by atoms with E-state index < -0.39 is 12.7 Å².